The maximum absolute atomic E-state index is 11.3. The van der Waals surface area contributed by atoms with Crippen LogP contribution in [0.3, 0.4) is 0 Å². The van der Waals surface area contributed by atoms with Crippen molar-refractivity contribution in [2.75, 3.05) is 17.2 Å². The molecule has 0 atom stereocenters. The fourth-order valence-corrected chi connectivity index (χ4v) is 2.05. The van der Waals surface area contributed by atoms with E-state index in [9.17, 15) is 10.1 Å². The minimum atomic E-state index is -0.473. The van der Waals surface area contributed by atoms with Gasteiger partial charge in [-0.1, -0.05) is 0 Å². The van der Waals surface area contributed by atoms with Crippen molar-refractivity contribution < 1.29 is 4.92 Å². The summed E-state index contributed by atoms with van der Waals surface area (Å²) >= 11 is 0. The van der Waals surface area contributed by atoms with Crippen LogP contribution < -0.4 is 10.6 Å². The molecule has 8 nitrogen and oxygen atoms in total. The Balaban J connectivity index is 2.44. The van der Waals surface area contributed by atoms with Gasteiger partial charge >= 0.3 is 5.69 Å². The SMILES string of the molecule is CCN(Cc1ccncc1)c1nc(N)nc(C)c1[N+](=O)[O-]. The molecule has 0 unspecified atom stereocenters. The molecule has 0 amide bonds. The zero-order valence-corrected chi connectivity index (χ0v) is 11.9. The molecule has 0 aliphatic carbocycles. The minimum absolute atomic E-state index is 0.0290. The number of rotatable bonds is 5. The monoisotopic (exact) mass is 288 g/mol. The molecule has 2 N–H and O–H groups in total. The number of aryl methyl sites for hydroxylation is 1. The lowest BCUT2D eigenvalue weighted by atomic mass is 10.2. The van der Waals surface area contributed by atoms with Gasteiger partial charge in [0.25, 0.3) is 0 Å². The van der Waals surface area contributed by atoms with Gasteiger partial charge in [0, 0.05) is 25.5 Å². The maximum Gasteiger partial charge on any atom is 0.332 e. The van der Waals surface area contributed by atoms with Gasteiger partial charge in [0.2, 0.25) is 11.8 Å². The highest BCUT2D eigenvalue weighted by molar-refractivity contribution is 5.62. The summed E-state index contributed by atoms with van der Waals surface area (Å²) in [5.74, 6) is 0.269. The molecule has 2 heterocycles. The molecular formula is C13H16N6O2. The third-order valence-corrected chi connectivity index (χ3v) is 3.04. The number of pyridine rings is 1. The van der Waals surface area contributed by atoms with Crippen LogP contribution in [0, 0.1) is 17.0 Å². The Kier molecular flexibility index (Phi) is 4.27. The maximum atomic E-state index is 11.3. The van der Waals surface area contributed by atoms with Gasteiger partial charge in [0.05, 0.1) is 4.92 Å². The van der Waals surface area contributed by atoms with E-state index in [0.29, 0.717) is 13.1 Å². The summed E-state index contributed by atoms with van der Waals surface area (Å²) in [6.07, 6.45) is 3.36. The van der Waals surface area contributed by atoms with Gasteiger partial charge in [-0.3, -0.25) is 15.1 Å². The Morgan fingerprint density at radius 3 is 2.57 bits per heavy atom. The summed E-state index contributed by atoms with van der Waals surface area (Å²) in [6, 6.07) is 3.71. The van der Waals surface area contributed by atoms with Crippen molar-refractivity contribution in [3.8, 4) is 0 Å². The predicted octanol–water partition coefficient (Wildman–Crippen LogP) is 1.70. The van der Waals surface area contributed by atoms with E-state index >= 15 is 0 Å². The first-order valence-corrected chi connectivity index (χ1v) is 6.45. The molecule has 0 radical (unpaired) electrons. The molecule has 0 aliphatic rings. The minimum Gasteiger partial charge on any atom is -0.368 e. The highest BCUT2D eigenvalue weighted by Gasteiger charge is 2.25. The predicted molar refractivity (Wildman–Crippen MR) is 78.8 cm³/mol. The summed E-state index contributed by atoms with van der Waals surface area (Å²) in [5.41, 5.74) is 6.76. The number of nitrogens with zero attached hydrogens (tertiary/aromatic N) is 5. The van der Waals surface area contributed by atoms with Crippen molar-refractivity contribution in [3.63, 3.8) is 0 Å². The van der Waals surface area contributed by atoms with Crippen molar-refractivity contribution in [3.05, 3.63) is 45.9 Å². The third kappa shape index (κ3) is 3.22. The number of hydrogen-bond donors (Lipinski definition) is 1. The molecule has 0 spiro atoms. The molecule has 0 aromatic carbocycles. The molecule has 110 valence electrons. The first-order chi connectivity index (χ1) is 10.0. The van der Waals surface area contributed by atoms with Gasteiger partial charge in [0.15, 0.2) is 0 Å². The fourth-order valence-electron chi connectivity index (χ4n) is 2.05. The van der Waals surface area contributed by atoms with Crippen molar-refractivity contribution in [2.24, 2.45) is 0 Å². The summed E-state index contributed by atoms with van der Waals surface area (Å²) in [4.78, 5) is 24.5. The number of nitro groups is 1. The van der Waals surface area contributed by atoms with Crippen LogP contribution in [0.5, 0.6) is 0 Å². The second kappa shape index (κ2) is 6.12. The molecule has 0 bridgehead atoms. The van der Waals surface area contributed by atoms with E-state index in [2.05, 4.69) is 15.0 Å². The fraction of sp³-hybridized carbons (Fsp3) is 0.308. The average molecular weight is 288 g/mol. The van der Waals surface area contributed by atoms with Crippen LogP contribution in [0.2, 0.25) is 0 Å². The molecule has 21 heavy (non-hydrogen) atoms. The highest BCUT2D eigenvalue weighted by Crippen LogP contribution is 2.30. The third-order valence-electron chi connectivity index (χ3n) is 3.04. The van der Waals surface area contributed by atoms with E-state index in [1.54, 1.807) is 24.2 Å². The standard InChI is InChI=1S/C13H16N6O2/c1-3-18(8-10-4-6-15-7-5-10)12-11(19(20)21)9(2)16-13(14)17-12/h4-7H,3,8H2,1-2H3,(H2,14,16,17). The van der Waals surface area contributed by atoms with Crippen LogP contribution >= 0.6 is 0 Å². The highest BCUT2D eigenvalue weighted by atomic mass is 16.6. The smallest absolute Gasteiger partial charge is 0.332 e. The Morgan fingerprint density at radius 2 is 2.00 bits per heavy atom. The average Bonchev–Trinajstić information content (AvgIpc) is 2.44. The van der Waals surface area contributed by atoms with Gasteiger partial charge < -0.3 is 10.6 Å². The van der Waals surface area contributed by atoms with Crippen molar-refractivity contribution in [1.82, 2.24) is 15.0 Å². The van der Waals surface area contributed by atoms with E-state index in [1.807, 2.05) is 19.1 Å². The van der Waals surface area contributed by atoms with Gasteiger partial charge in [-0.2, -0.15) is 4.98 Å². The summed E-state index contributed by atoms with van der Waals surface area (Å²) in [7, 11) is 0. The second-order valence-corrected chi connectivity index (χ2v) is 4.47. The zero-order chi connectivity index (χ0) is 15.4. The molecule has 0 saturated heterocycles. The molecule has 0 aliphatic heterocycles. The van der Waals surface area contributed by atoms with Crippen LogP contribution in [0.4, 0.5) is 17.5 Å². The summed E-state index contributed by atoms with van der Waals surface area (Å²) in [6.45, 7) is 4.49. The van der Waals surface area contributed by atoms with E-state index in [1.165, 1.54) is 0 Å². The van der Waals surface area contributed by atoms with Gasteiger partial charge in [0.1, 0.15) is 5.69 Å². The normalized spacial score (nSPS) is 10.4. The zero-order valence-electron chi connectivity index (χ0n) is 11.9. The first kappa shape index (κ1) is 14.6. The van der Waals surface area contributed by atoms with Gasteiger partial charge in [-0.05, 0) is 31.5 Å². The molecule has 2 rings (SSSR count). The van der Waals surface area contributed by atoms with E-state index in [-0.39, 0.29) is 23.1 Å². The number of anilines is 2. The number of hydrogen-bond acceptors (Lipinski definition) is 7. The number of aromatic nitrogens is 3. The summed E-state index contributed by atoms with van der Waals surface area (Å²) < 4.78 is 0. The second-order valence-electron chi connectivity index (χ2n) is 4.47. The number of nitrogen functional groups attached to an aromatic ring is 1. The number of nitrogens with two attached hydrogens (primary N) is 1. The quantitative estimate of drug-likeness (QED) is 0.658. The Bertz CT molecular complexity index is 647. The van der Waals surface area contributed by atoms with Gasteiger partial charge in [-0.15, -0.1) is 0 Å². The van der Waals surface area contributed by atoms with Crippen molar-refractivity contribution in [2.45, 2.75) is 20.4 Å². The van der Waals surface area contributed by atoms with E-state index in [4.69, 9.17) is 5.73 Å². The largest absolute Gasteiger partial charge is 0.368 e. The van der Waals surface area contributed by atoms with Crippen LogP contribution in [-0.4, -0.2) is 26.4 Å². The van der Waals surface area contributed by atoms with Crippen molar-refractivity contribution >= 4 is 17.5 Å². The topological polar surface area (TPSA) is 111 Å². The van der Waals surface area contributed by atoms with Gasteiger partial charge in [-0.25, -0.2) is 4.98 Å². The Hall–Kier alpha value is -2.77. The van der Waals surface area contributed by atoms with Crippen LogP contribution in [0.15, 0.2) is 24.5 Å². The molecule has 0 saturated carbocycles. The molecule has 2 aromatic rings. The van der Waals surface area contributed by atoms with E-state index < -0.39 is 4.92 Å². The van der Waals surface area contributed by atoms with Crippen LogP contribution in [0.1, 0.15) is 18.2 Å². The van der Waals surface area contributed by atoms with E-state index in [0.717, 1.165) is 5.56 Å². The Morgan fingerprint density at radius 1 is 1.33 bits per heavy atom. The molecular weight excluding hydrogens is 272 g/mol. The lowest BCUT2D eigenvalue weighted by molar-refractivity contribution is -0.385. The lowest BCUT2D eigenvalue weighted by Crippen LogP contribution is -2.25. The van der Waals surface area contributed by atoms with Crippen LogP contribution in [0.25, 0.3) is 0 Å². The molecule has 0 fully saturated rings. The summed E-state index contributed by atoms with van der Waals surface area (Å²) in [5, 5.41) is 11.3. The molecule has 2 aromatic heterocycles. The van der Waals surface area contributed by atoms with Crippen LogP contribution in [-0.2, 0) is 6.54 Å². The Labute approximate surface area is 121 Å². The molecule has 8 heteroatoms. The van der Waals surface area contributed by atoms with Crippen molar-refractivity contribution in [1.29, 1.82) is 0 Å². The lowest BCUT2D eigenvalue weighted by Gasteiger charge is -2.22. The first-order valence-electron chi connectivity index (χ1n) is 6.45.